The van der Waals surface area contributed by atoms with E-state index in [1.165, 1.54) is 0 Å². The number of aromatic carboxylic acids is 2. The third-order valence-electron chi connectivity index (χ3n) is 3.13. The lowest BCUT2D eigenvalue weighted by Gasteiger charge is -2.08. The van der Waals surface area contributed by atoms with Crippen molar-refractivity contribution in [2.45, 2.75) is 76.0 Å². The summed E-state index contributed by atoms with van der Waals surface area (Å²) >= 11 is 0. The summed E-state index contributed by atoms with van der Waals surface area (Å²) in [4.78, 5) is 20.4. The minimum atomic E-state index is -0.879. The molecule has 182 valence electrons. The van der Waals surface area contributed by atoms with E-state index < -0.39 is 11.9 Å². The van der Waals surface area contributed by atoms with E-state index in [1.54, 1.807) is 67.6 Å². The van der Waals surface area contributed by atoms with E-state index >= 15 is 0 Å². The average Bonchev–Trinajstić information content (AvgIpc) is 2.63. The van der Waals surface area contributed by atoms with Crippen LogP contribution in [0.2, 0.25) is 0 Å². The predicted molar refractivity (Wildman–Crippen MR) is 133 cm³/mol. The van der Waals surface area contributed by atoms with E-state index in [9.17, 15) is 9.59 Å². The monoisotopic (exact) mass is 442 g/mol. The lowest BCUT2D eigenvalue weighted by atomic mass is 10.1. The van der Waals surface area contributed by atoms with E-state index in [2.05, 4.69) is 0 Å². The van der Waals surface area contributed by atoms with E-state index in [0.29, 0.717) is 17.5 Å². The van der Waals surface area contributed by atoms with Gasteiger partial charge in [0.2, 0.25) is 0 Å². The van der Waals surface area contributed by atoms with Crippen LogP contribution in [0.1, 0.15) is 84.5 Å². The highest BCUT2D eigenvalue weighted by atomic mass is 16.4. The van der Waals surface area contributed by atoms with Gasteiger partial charge in [0, 0.05) is 0 Å². The third-order valence-corrected chi connectivity index (χ3v) is 3.13. The van der Waals surface area contributed by atoms with Crippen molar-refractivity contribution < 1.29 is 30.0 Å². The van der Waals surface area contributed by atoms with Crippen LogP contribution < -0.4 is 0 Å². The molecule has 2 unspecified atom stereocenters. The van der Waals surface area contributed by atoms with Crippen LogP contribution in [-0.4, -0.2) is 44.6 Å². The number of hydrogen-bond acceptors (Lipinski definition) is 4. The van der Waals surface area contributed by atoms with Crippen LogP contribution >= 0.6 is 0 Å². The van der Waals surface area contributed by atoms with E-state index in [-0.39, 0.29) is 49.3 Å². The Balaban J connectivity index is -0.0000000702. The van der Waals surface area contributed by atoms with Gasteiger partial charge in [-0.3, -0.25) is 0 Å². The van der Waals surface area contributed by atoms with Gasteiger partial charge in [0.1, 0.15) is 0 Å². The molecule has 0 bridgehead atoms. The van der Waals surface area contributed by atoms with Crippen LogP contribution in [0.15, 0.2) is 60.7 Å². The van der Waals surface area contributed by atoms with Crippen LogP contribution in [0.3, 0.4) is 0 Å². The number of aliphatic hydroxyl groups is 2. The Morgan fingerprint density at radius 2 is 1.00 bits per heavy atom. The van der Waals surface area contributed by atoms with Crippen LogP contribution in [0.4, 0.5) is 0 Å². The van der Waals surface area contributed by atoms with Gasteiger partial charge in [-0.25, -0.2) is 9.59 Å². The first kappa shape index (κ1) is 42.4. The van der Waals surface area contributed by atoms with Crippen molar-refractivity contribution in [2.24, 2.45) is 0 Å². The molecule has 6 nitrogen and oxygen atoms in total. The van der Waals surface area contributed by atoms with Crippen LogP contribution in [0.5, 0.6) is 0 Å². The molecule has 2 rings (SSSR count). The van der Waals surface area contributed by atoms with Gasteiger partial charge in [0.05, 0.1) is 23.3 Å². The second-order valence-corrected chi connectivity index (χ2v) is 5.49. The molecule has 0 amide bonds. The normalized spacial score (nSPS) is 9.81. The molecule has 4 N–H and O–H groups in total. The summed E-state index contributed by atoms with van der Waals surface area (Å²) in [6.07, 6.45) is 0.529. The minimum absolute atomic E-state index is 0. The number of carboxylic acid groups (broad SMARTS) is 2. The highest BCUT2D eigenvalue weighted by Gasteiger charge is 2.03. The van der Waals surface area contributed by atoms with Crippen molar-refractivity contribution >= 4 is 11.9 Å². The first-order valence-electron chi connectivity index (χ1n) is 8.20. The Labute approximate surface area is 190 Å². The predicted octanol–water partition coefficient (Wildman–Crippen LogP) is 6.48. The Bertz CT molecular complexity index is 577. The maximum atomic E-state index is 10.2. The molecule has 0 spiro atoms. The van der Waals surface area contributed by atoms with Gasteiger partial charge >= 0.3 is 11.9 Å². The number of benzene rings is 2. The maximum Gasteiger partial charge on any atom is 0.335 e. The maximum absolute atomic E-state index is 10.2. The first-order chi connectivity index (χ1) is 12.3. The van der Waals surface area contributed by atoms with E-state index in [4.69, 9.17) is 20.4 Å². The molecular formula is C25H46O6. The molecule has 2 aromatic carbocycles. The van der Waals surface area contributed by atoms with Crippen molar-refractivity contribution in [3.63, 3.8) is 0 Å². The number of carboxylic acids is 2. The summed E-state index contributed by atoms with van der Waals surface area (Å²) in [6, 6.07) is 16.6. The molecule has 31 heavy (non-hydrogen) atoms. The van der Waals surface area contributed by atoms with Gasteiger partial charge in [-0.15, -0.1) is 0 Å². The zero-order valence-electron chi connectivity index (χ0n) is 14.9. The fourth-order valence-electron chi connectivity index (χ4n) is 1.72. The van der Waals surface area contributed by atoms with E-state index in [0.717, 1.165) is 6.42 Å². The molecule has 0 aliphatic heterocycles. The van der Waals surface area contributed by atoms with Crippen LogP contribution in [-0.2, 0) is 0 Å². The number of carbonyl (C=O) groups is 2. The summed E-state index contributed by atoms with van der Waals surface area (Å²) in [5.41, 5.74) is 0.662. The highest BCUT2D eigenvalue weighted by Crippen LogP contribution is 1.99. The molecule has 2 atom stereocenters. The quantitative estimate of drug-likeness (QED) is 0.421. The topological polar surface area (TPSA) is 115 Å². The molecule has 0 fully saturated rings. The summed E-state index contributed by atoms with van der Waals surface area (Å²) < 4.78 is 0. The van der Waals surface area contributed by atoms with Crippen LogP contribution in [0.25, 0.3) is 0 Å². The summed E-state index contributed by atoms with van der Waals surface area (Å²) in [5, 5.41) is 34.3. The third kappa shape index (κ3) is 23.4. The molecule has 0 radical (unpaired) electrons. The lowest BCUT2D eigenvalue weighted by molar-refractivity contribution is 0.0686. The smallest absolute Gasteiger partial charge is 0.335 e. The van der Waals surface area contributed by atoms with Crippen molar-refractivity contribution in [1.29, 1.82) is 0 Å². The molecule has 6 heteroatoms. The molecular weight excluding hydrogens is 396 g/mol. The summed E-state index contributed by atoms with van der Waals surface area (Å²) in [6.45, 7) is 3.58. The zero-order chi connectivity index (χ0) is 19.9. The second kappa shape index (κ2) is 25.3. The van der Waals surface area contributed by atoms with Gasteiger partial charge in [-0.2, -0.15) is 0 Å². The standard InChI is InChI=1S/2C7H6O2.C6H14O2.5CH4/c2*8-7(9)6-4-2-1-3-5-6;1-3-6(8)4-5(2)7;;;;;/h2*1-5H,(H,8,9);5-8H,3-4H2,1-2H3;5*1H4. The molecule has 0 aromatic heterocycles. The highest BCUT2D eigenvalue weighted by molar-refractivity contribution is 5.87. The van der Waals surface area contributed by atoms with Gasteiger partial charge < -0.3 is 20.4 Å². The van der Waals surface area contributed by atoms with Crippen molar-refractivity contribution in [3.8, 4) is 0 Å². The van der Waals surface area contributed by atoms with Crippen molar-refractivity contribution in [3.05, 3.63) is 71.8 Å². The number of hydrogen-bond donors (Lipinski definition) is 4. The fourth-order valence-corrected chi connectivity index (χ4v) is 1.72. The summed E-state index contributed by atoms with van der Waals surface area (Å²) in [7, 11) is 0. The van der Waals surface area contributed by atoms with Gasteiger partial charge in [0.15, 0.2) is 0 Å². The Morgan fingerprint density at radius 1 is 0.710 bits per heavy atom. The second-order valence-electron chi connectivity index (χ2n) is 5.49. The number of aliphatic hydroxyl groups excluding tert-OH is 2. The van der Waals surface area contributed by atoms with Crippen molar-refractivity contribution in [2.75, 3.05) is 0 Å². The lowest BCUT2D eigenvalue weighted by Crippen LogP contribution is -2.13. The molecule has 0 aliphatic carbocycles. The average molecular weight is 443 g/mol. The van der Waals surface area contributed by atoms with E-state index in [1.807, 2.05) is 6.92 Å². The minimum Gasteiger partial charge on any atom is -0.478 e. The Morgan fingerprint density at radius 3 is 1.13 bits per heavy atom. The number of rotatable bonds is 5. The summed E-state index contributed by atoms with van der Waals surface area (Å²) in [5.74, 6) is -1.76. The van der Waals surface area contributed by atoms with Gasteiger partial charge in [0.25, 0.3) is 0 Å². The van der Waals surface area contributed by atoms with Crippen LogP contribution in [0, 0.1) is 0 Å². The Hall–Kier alpha value is -2.70. The zero-order valence-corrected chi connectivity index (χ0v) is 14.9. The van der Waals surface area contributed by atoms with Gasteiger partial charge in [-0.1, -0.05) is 80.5 Å². The van der Waals surface area contributed by atoms with Crippen molar-refractivity contribution in [1.82, 2.24) is 0 Å². The molecule has 2 aromatic rings. The fraction of sp³-hybridized carbons (Fsp3) is 0.440. The molecule has 0 heterocycles. The molecule has 0 saturated heterocycles. The first-order valence-corrected chi connectivity index (χ1v) is 8.20. The molecule has 0 saturated carbocycles. The Kier molecular flexibility index (Phi) is 34.7. The molecule has 0 aliphatic rings. The van der Waals surface area contributed by atoms with Gasteiger partial charge in [-0.05, 0) is 44.0 Å². The largest absolute Gasteiger partial charge is 0.478 e. The SMILES string of the molecule is C.C.C.C.C.CCC(O)CC(C)O.O=C(O)c1ccccc1.O=C(O)c1ccccc1.